The zero-order valence-corrected chi connectivity index (χ0v) is 13.4. The molecular formula is C17H28ClNO. The van der Waals surface area contributed by atoms with Crippen LogP contribution < -0.4 is 5.32 Å². The van der Waals surface area contributed by atoms with Crippen LogP contribution in [0.1, 0.15) is 64.7 Å². The van der Waals surface area contributed by atoms with Gasteiger partial charge in [-0.05, 0) is 68.1 Å². The van der Waals surface area contributed by atoms with Crippen molar-refractivity contribution >= 4 is 17.5 Å². The quantitative estimate of drug-likeness (QED) is 0.734. The molecule has 3 heteroatoms. The van der Waals surface area contributed by atoms with Gasteiger partial charge < -0.3 is 5.32 Å². The maximum Gasteiger partial charge on any atom is 0.220 e. The molecule has 4 aliphatic carbocycles. The van der Waals surface area contributed by atoms with E-state index < -0.39 is 0 Å². The normalized spacial score (nSPS) is 39.8. The lowest BCUT2D eigenvalue weighted by Gasteiger charge is -2.56. The molecule has 4 bridgehead atoms. The predicted octanol–water partition coefficient (Wildman–Crippen LogP) is 4.12. The Kier molecular flexibility index (Phi) is 4.31. The van der Waals surface area contributed by atoms with E-state index in [1.807, 2.05) is 0 Å². The maximum absolute atomic E-state index is 12.3. The van der Waals surface area contributed by atoms with E-state index in [1.165, 1.54) is 38.5 Å². The van der Waals surface area contributed by atoms with Crippen molar-refractivity contribution < 1.29 is 4.79 Å². The first-order valence-corrected chi connectivity index (χ1v) is 8.93. The van der Waals surface area contributed by atoms with E-state index >= 15 is 0 Å². The van der Waals surface area contributed by atoms with Crippen molar-refractivity contribution in [3.63, 3.8) is 0 Å². The molecule has 0 heterocycles. The van der Waals surface area contributed by atoms with Crippen LogP contribution >= 0.6 is 11.6 Å². The van der Waals surface area contributed by atoms with Crippen LogP contribution in [0.3, 0.4) is 0 Å². The average molecular weight is 298 g/mol. The van der Waals surface area contributed by atoms with Crippen LogP contribution in [0.25, 0.3) is 0 Å². The van der Waals surface area contributed by atoms with Crippen LogP contribution in [0, 0.1) is 23.2 Å². The lowest BCUT2D eigenvalue weighted by molar-refractivity contribution is -0.129. The first-order valence-electron chi connectivity index (χ1n) is 8.49. The second kappa shape index (κ2) is 5.87. The van der Waals surface area contributed by atoms with Gasteiger partial charge in [0, 0.05) is 13.0 Å². The van der Waals surface area contributed by atoms with Crippen molar-refractivity contribution in [2.24, 2.45) is 23.2 Å². The van der Waals surface area contributed by atoms with Gasteiger partial charge in [0.05, 0.1) is 5.38 Å². The molecule has 0 aromatic rings. The summed E-state index contributed by atoms with van der Waals surface area (Å²) in [6.07, 6.45) is 11.1. The minimum atomic E-state index is 0.0975. The summed E-state index contributed by atoms with van der Waals surface area (Å²) in [6.45, 7) is 2.77. The number of hydrogen-bond acceptors (Lipinski definition) is 1. The van der Waals surface area contributed by atoms with E-state index in [9.17, 15) is 4.79 Å². The average Bonchev–Trinajstić information content (AvgIpc) is 2.34. The highest BCUT2D eigenvalue weighted by atomic mass is 35.5. The monoisotopic (exact) mass is 297 g/mol. The van der Waals surface area contributed by atoms with Crippen molar-refractivity contribution in [2.75, 3.05) is 6.54 Å². The Bertz CT molecular complexity index is 333. The fourth-order valence-corrected chi connectivity index (χ4v) is 5.84. The molecule has 4 fully saturated rings. The second-order valence-electron chi connectivity index (χ2n) is 7.78. The minimum absolute atomic E-state index is 0.0975. The molecule has 0 aromatic carbocycles. The van der Waals surface area contributed by atoms with E-state index in [0.29, 0.717) is 12.0 Å². The molecule has 4 aliphatic rings. The van der Waals surface area contributed by atoms with Crippen LogP contribution in [-0.2, 0) is 4.79 Å². The lowest BCUT2D eigenvalue weighted by atomic mass is 9.49. The Balaban J connectivity index is 1.51. The summed E-state index contributed by atoms with van der Waals surface area (Å²) in [4.78, 5) is 12.3. The number of halogens is 1. The van der Waals surface area contributed by atoms with Crippen molar-refractivity contribution in [2.45, 2.75) is 70.1 Å². The number of amides is 1. The molecule has 4 saturated carbocycles. The summed E-state index contributed by atoms with van der Waals surface area (Å²) in [7, 11) is 0. The fourth-order valence-electron chi connectivity index (χ4n) is 5.55. The van der Waals surface area contributed by atoms with Crippen molar-refractivity contribution in [1.29, 1.82) is 0 Å². The Labute approximate surface area is 128 Å². The smallest absolute Gasteiger partial charge is 0.220 e. The van der Waals surface area contributed by atoms with Gasteiger partial charge in [0.2, 0.25) is 5.91 Å². The molecule has 0 spiro atoms. The van der Waals surface area contributed by atoms with Gasteiger partial charge in [0.25, 0.3) is 0 Å². The summed E-state index contributed by atoms with van der Waals surface area (Å²) in [6, 6.07) is 0. The van der Waals surface area contributed by atoms with Crippen LogP contribution in [-0.4, -0.2) is 17.8 Å². The topological polar surface area (TPSA) is 29.1 Å². The van der Waals surface area contributed by atoms with Crippen LogP contribution in [0.15, 0.2) is 0 Å². The fraction of sp³-hybridized carbons (Fsp3) is 0.941. The standard InChI is InChI=1S/C17H28ClNO/c1-2-3-15(18)11-19-16(20)10-17-7-12-4-13(8-17)6-14(5-12)9-17/h12-15H,2-11H2,1H3,(H,19,20). The molecule has 1 atom stereocenters. The summed E-state index contributed by atoms with van der Waals surface area (Å²) in [5.74, 6) is 3.02. The van der Waals surface area contributed by atoms with Crippen molar-refractivity contribution in [1.82, 2.24) is 5.32 Å². The van der Waals surface area contributed by atoms with Crippen LogP contribution in [0.2, 0.25) is 0 Å². The number of hydrogen-bond donors (Lipinski definition) is 1. The molecule has 4 rings (SSSR count). The first-order chi connectivity index (χ1) is 9.58. The molecule has 114 valence electrons. The Morgan fingerprint density at radius 3 is 2.25 bits per heavy atom. The molecule has 0 aromatic heterocycles. The van der Waals surface area contributed by atoms with Crippen LogP contribution in [0.5, 0.6) is 0 Å². The van der Waals surface area contributed by atoms with Gasteiger partial charge in [-0.15, -0.1) is 11.6 Å². The molecular weight excluding hydrogens is 270 g/mol. The predicted molar refractivity (Wildman–Crippen MR) is 82.8 cm³/mol. The van der Waals surface area contributed by atoms with Gasteiger partial charge in [0.15, 0.2) is 0 Å². The molecule has 0 aliphatic heterocycles. The number of carbonyl (C=O) groups excluding carboxylic acids is 1. The number of carbonyl (C=O) groups is 1. The molecule has 1 amide bonds. The number of alkyl halides is 1. The van der Waals surface area contributed by atoms with Gasteiger partial charge in [-0.2, -0.15) is 0 Å². The summed E-state index contributed by atoms with van der Waals surface area (Å²) >= 11 is 6.19. The van der Waals surface area contributed by atoms with Crippen molar-refractivity contribution in [3.8, 4) is 0 Å². The highest BCUT2D eigenvalue weighted by molar-refractivity contribution is 6.20. The Hall–Kier alpha value is -0.240. The molecule has 1 unspecified atom stereocenters. The lowest BCUT2D eigenvalue weighted by Crippen LogP contribution is -2.48. The molecule has 2 nitrogen and oxygen atoms in total. The summed E-state index contributed by atoms with van der Waals surface area (Å²) in [5, 5.41) is 3.17. The Morgan fingerprint density at radius 2 is 1.75 bits per heavy atom. The second-order valence-corrected chi connectivity index (χ2v) is 8.40. The van der Waals surface area contributed by atoms with Gasteiger partial charge in [-0.25, -0.2) is 0 Å². The van der Waals surface area contributed by atoms with Gasteiger partial charge in [-0.1, -0.05) is 13.3 Å². The molecule has 20 heavy (non-hydrogen) atoms. The van der Waals surface area contributed by atoms with Gasteiger partial charge >= 0.3 is 0 Å². The van der Waals surface area contributed by atoms with E-state index in [1.54, 1.807) is 0 Å². The molecule has 0 radical (unpaired) electrons. The van der Waals surface area contributed by atoms with Gasteiger partial charge in [0.1, 0.15) is 0 Å². The highest BCUT2D eigenvalue weighted by Gasteiger charge is 2.51. The van der Waals surface area contributed by atoms with E-state index in [2.05, 4.69) is 12.2 Å². The zero-order chi connectivity index (χ0) is 14.2. The summed E-state index contributed by atoms with van der Waals surface area (Å²) < 4.78 is 0. The number of nitrogens with one attached hydrogen (secondary N) is 1. The van der Waals surface area contributed by atoms with E-state index in [-0.39, 0.29) is 11.3 Å². The third kappa shape index (κ3) is 3.16. The third-order valence-corrected chi connectivity index (χ3v) is 6.20. The number of rotatable bonds is 6. The van der Waals surface area contributed by atoms with E-state index in [4.69, 9.17) is 11.6 Å². The van der Waals surface area contributed by atoms with Crippen LogP contribution in [0.4, 0.5) is 0 Å². The van der Waals surface area contributed by atoms with Crippen molar-refractivity contribution in [3.05, 3.63) is 0 Å². The third-order valence-electron chi connectivity index (χ3n) is 5.82. The molecule has 0 saturated heterocycles. The minimum Gasteiger partial charge on any atom is -0.355 e. The zero-order valence-electron chi connectivity index (χ0n) is 12.7. The Morgan fingerprint density at radius 1 is 1.20 bits per heavy atom. The SMILES string of the molecule is CCCC(Cl)CNC(=O)CC12CC3CC(CC(C3)C1)C2. The molecule has 1 N–H and O–H groups in total. The first kappa shape index (κ1) is 14.7. The summed E-state index contributed by atoms with van der Waals surface area (Å²) in [5.41, 5.74) is 0.353. The maximum atomic E-state index is 12.3. The largest absolute Gasteiger partial charge is 0.355 e. The van der Waals surface area contributed by atoms with Gasteiger partial charge in [-0.3, -0.25) is 4.79 Å². The van der Waals surface area contributed by atoms with E-state index in [0.717, 1.165) is 37.0 Å². The highest BCUT2D eigenvalue weighted by Crippen LogP contribution is 2.61.